The Balaban J connectivity index is 2.55. The van der Waals surface area contributed by atoms with Gasteiger partial charge in [-0.25, -0.2) is 0 Å². The van der Waals surface area contributed by atoms with Gasteiger partial charge >= 0.3 is 0 Å². The molecule has 2 heteroatoms. The molecule has 0 spiro atoms. The summed E-state index contributed by atoms with van der Waals surface area (Å²) in [4.78, 5) is 0. The van der Waals surface area contributed by atoms with E-state index in [0.29, 0.717) is 6.42 Å². The average Bonchev–Trinajstić information content (AvgIpc) is 2.25. The van der Waals surface area contributed by atoms with Gasteiger partial charge < -0.3 is 10.8 Å². The number of aliphatic hydroxyl groups is 1. The Hall–Kier alpha value is -0.860. The number of rotatable bonds is 0. The van der Waals surface area contributed by atoms with Crippen molar-refractivity contribution >= 4 is 0 Å². The van der Waals surface area contributed by atoms with Crippen LogP contribution in [0.25, 0.3) is 0 Å². The van der Waals surface area contributed by atoms with E-state index in [0.717, 1.165) is 5.56 Å². The lowest BCUT2D eigenvalue weighted by Crippen LogP contribution is -2.41. The largest absolute Gasteiger partial charge is 0.391 e. The monoisotopic (exact) mass is 163 g/mol. The zero-order valence-corrected chi connectivity index (χ0v) is 7.12. The lowest BCUT2D eigenvalue weighted by Gasteiger charge is -2.23. The van der Waals surface area contributed by atoms with Crippen LogP contribution in [0.1, 0.15) is 18.1 Å². The van der Waals surface area contributed by atoms with Crippen LogP contribution in [0.3, 0.4) is 0 Å². The van der Waals surface area contributed by atoms with Crippen LogP contribution >= 0.6 is 0 Å². The molecule has 0 aliphatic heterocycles. The second-order valence-corrected chi connectivity index (χ2v) is 3.66. The lowest BCUT2D eigenvalue weighted by molar-refractivity contribution is 0.109. The van der Waals surface area contributed by atoms with E-state index >= 15 is 0 Å². The molecule has 0 saturated heterocycles. The van der Waals surface area contributed by atoms with Crippen LogP contribution in [0.5, 0.6) is 0 Å². The van der Waals surface area contributed by atoms with Gasteiger partial charge in [-0.1, -0.05) is 24.3 Å². The van der Waals surface area contributed by atoms with Crippen molar-refractivity contribution in [3.63, 3.8) is 0 Å². The standard InChI is InChI=1S/C10H13NO/c1-10(11)8-5-3-2-4-7(8)6-9(10)12/h2-5,9,12H,6,11H2,1H3. The number of benzene rings is 1. The third-order valence-corrected chi connectivity index (χ3v) is 2.70. The van der Waals surface area contributed by atoms with E-state index in [-0.39, 0.29) is 0 Å². The highest BCUT2D eigenvalue weighted by Gasteiger charge is 2.38. The highest BCUT2D eigenvalue weighted by molar-refractivity contribution is 5.39. The second kappa shape index (κ2) is 2.31. The normalized spacial score (nSPS) is 33.4. The van der Waals surface area contributed by atoms with Crippen molar-refractivity contribution in [2.24, 2.45) is 5.73 Å². The highest BCUT2D eigenvalue weighted by Crippen LogP contribution is 2.34. The molecule has 0 amide bonds. The third kappa shape index (κ3) is 0.886. The molecule has 64 valence electrons. The second-order valence-electron chi connectivity index (χ2n) is 3.66. The van der Waals surface area contributed by atoms with Crippen molar-refractivity contribution in [1.82, 2.24) is 0 Å². The van der Waals surface area contributed by atoms with E-state index in [4.69, 9.17) is 5.73 Å². The lowest BCUT2D eigenvalue weighted by atomic mass is 9.94. The summed E-state index contributed by atoms with van der Waals surface area (Å²) in [6, 6.07) is 7.96. The number of fused-ring (bicyclic) bond motifs is 1. The van der Waals surface area contributed by atoms with E-state index in [1.807, 2.05) is 31.2 Å². The Bertz CT molecular complexity index is 306. The van der Waals surface area contributed by atoms with Crippen molar-refractivity contribution < 1.29 is 5.11 Å². The zero-order valence-electron chi connectivity index (χ0n) is 7.12. The summed E-state index contributed by atoms with van der Waals surface area (Å²) in [5.41, 5.74) is 7.68. The van der Waals surface area contributed by atoms with E-state index in [1.54, 1.807) is 0 Å². The highest BCUT2D eigenvalue weighted by atomic mass is 16.3. The van der Waals surface area contributed by atoms with Crippen molar-refractivity contribution in [2.75, 3.05) is 0 Å². The average molecular weight is 163 g/mol. The van der Waals surface area contributed by atoms with E-state index < -0.39 is 11.6 Å². The molecule has 0 fully saturated rings. The molecule has 12 heavy (non-hydrogen) atoms. The van der Waals surface area contributed by atoms with Gasteiger partial charge in [0.2, 0.25) is 0 Å². The van der Waals surface area contributed by atoms with Gasteiger partial charge in [-0.2, -0.15) is 0 Å². The summed E-state index contributed by atoms with van der Waals surface area (Å²) in [6.07, 6.45) is 0.248. The summed E-state index contributed by atoms with van der Waals surface area (Å²) >= 11 is 0. The summed E-state index contributed by atoms with van der Waals surface area (Å²) in [5.74, 6) is 0. The van der Waals surface area contributed by atoms with Gasteiger partial charge in [0.1, 0.15) is 0 Å². The van der Waals surface area contributed by atoms with Crippen LogP contribution in [0, 0.1) is 0 Å². The van der Waals surface area contributed by atoms with Crippen LogP contribution < -0.4 is 5.73 Å². The smallest absolute Gasteiger partial charge is 0.0799 e. The first-order chi connectivity index (χ1) is 5.62. The Morgan fingerprint density at radius 3 is 2.83 bits per heavy atom. The molecular formula is C10H13NO. The summed E-state index contributed by atoms with van der Waals surface area (Å²) in [6.45, 7) is 1.88. The molecule has 0 aromatic heterocycles. The van der Waals surface area contributed by atoms with Gasteiger partial charge in [0.25, 0.3) is 0 Å². The van der Waals surface area contributed by atoms with Gasteiger partial charge in [0.15, 0.2) is 0 Å². The molecule has 0 bridgehead atoms. The van der Waals surface area contributed by atoms with Crippen LogP contribution in [0.2, 0.25) is 0 Å². The fourth-order valence-corrected chi connectivity index (χ4v) is 1.82. The van der Waals surface area contributed by atoms with E-state index in [2.05, 4.69) is 0 Å². The Kier molecular flexibility index (Phi) is 1.50. The third-order valence-electron chi connectivity index (χ3n) is 2.70. The SMILES string of the molecule is CC1(N)c2ccccc2CC1O. The van der Waals surface area contributed by atoms with Gasteiger partial charge in [0, 0.05) is 6.42 Å². The fraction of sp³-hybridized carbons (Fsp3) is 0.400. The molecule has 1 aliphatic carbocycles. The minimum atomic E-state index is -0.559. The molecule has 2 atom stereocenters. The van der Waals surface area contributed by atoms with E-state index in [1.165, 1.54) is 5.56 Å². The predicted molar refractivity (Wildman–Crippen MR) is 47.7 cm³/mol. The maximum atomic E-state index is 9.65. The van der Waals surface area contributed by atoms with Crippen molar-refractivity contribution in [3.8, 4) is 0 Å². The van der Waals surface area contributed by atoms with Crippen molar-refractivity contribution in [2.45, 2.75) is 25.0 Å². The first kappa shape index (κ1) is 7.77. The number of hydrogen-bond acceptors (Lipinski definition) is 2. The van der Waals surface area contributed by atoms with Crippen LogP contribution in [0.15, 0.2) is 24.3 Å². The first-order valence-electron chi connectivity index (χ1n) is 4.17. The molecule has 1 aromatic carbocycles. The molecule has 0 heterocycles. The Labute approximate surface area is 72.0 Å². The maximum Gasteiger partial charge on any atom is 0.0799 e. The molecule has 2 rings (SSSR count). The Morgan fingerprint density at radius 1 is 1.50 bits per heavy atom. The number of aliphatic hydroxyl groups excluding tert-OH is 1. The maximum absolute atomic E-state index is 9.65. The molecule has 0 saturated carbocycles. The molecule has 2 nitrogen and oxygen atoms in total. The minimum absolute atomic E-state index is 0.435. The minimum Gasteiger partial charge on any atom is -0.391 e. The van der Waals surface area contributed by atoms with Crippen LogP contribution in [-0.2, 0) is 12.0 Å². The predicted octanol–water partition coefficient (Wildman–Crippen LogP) is 0.778. The van der Waals surface area contributed by atoms with E-state index in [9.17, 15) is 5.11 Å². The Morgan fingerprint density at radius 2 is 2.17 bits per heavy atom. The van der Waals surface area contributed by atoms with Crippen molar-refractivity contribution in [3.05, 3.63) is 35.4 Å². The quantitative estimate of drug-likeness (QED) is 0.593. The molecular weight excluding hydrogens is 150 g/mol. The fourth-order valence-electron chi connectivity index (χ4n) is 1.82. The topological polar surface area (TPSA) is 46.2 Å². The molecule has 2 unspecified atom stereocenters. The van der Waals surface area contributed by atoms with Crippen molar-refractivity contribution in [1.29, 1.82) is 0 Å². The summed E-state index contributed by atoms with van der Waals surface area (Å²) in [5, 5.41) is 9.65. The molecule has 1 aliphatic rings. The summed E-state index contributed by atoms with van der Waals surface area (Å²) < 4.78 is 0. The molecule has 0 radical (unpaired) electrons. The number of hydrogen-bond donors (Lipinski definition) is 2. The van der Waals surface area contributed by atoms with Crippen LogP contribution in [-0.4, -0.2) is 11.2 Å². The first-order valence-corrected chi connectivity index (χ1v) is 4.17. The summed E-state index contributed by atoms with van der Waals surface area (Å²) in [7, 11) is 0. The van der Waals surface area contributed by atoms with Gasteiger partial charge in [-0.3, -0.25) is 0 Å². The molecule has 3 N–H and O–H groups in total. The van der Waals surface area contributed by atoms with Gasteiger partial charge in [-0.15, -0.1) is 0 Å². The number of nitrogens with two attached hydrogens (primary N) is 1. The van der Waals surface area contributed by atoms with Crippen LogP contribution in [0.4, 0.5) is 0 Å². The van der Waals surface area contributed by atoms with Gasteiger partial charge in [0.05, 0.1) is 11.6 Å². The molecule has 1 aromatic rings. The van der Waals surface area contributed by atoms with Gasteiger partial charge in [-0.05, 0) is 18.1 Å². The zero-order chi connectivity index (χ0) is 8.77.